The fourth-order valence-electron chi connectivity index (χ4n) is 20.4. The van der Waals surface area contributed by atoms with Crippen LogP contribution in [0.1, 0.15) is 19.2 Å². The summed E-state index contributed by atoms with van der Waals surface area (Å²) >= 11 is 0. The Hall–Kier alpha value is -16.6. The predicted octanol–water partition coefficient (Wildman–Crippen LogP) is 29.8. The number of aromatic nitrogens is 2. The van der Waals surface area contributed by atoms with Crippen LogP contribution in [0.3, 0.4) is 0 Å². The lowest BCUT2D eigenvalue weighted by atomic mass is 9.33. The number of para-hydroxylation sites is 9. The van der Waals surface area contributed by atoms with E-state index in [9.17, 15) is 19.2 Å². The Morgan fingerprint density at radius 3 is 1.18 bits per heavy atom. The molecule has 2 aliphatic rings. The van der Waals surface area contributed by atoms with Gasteiger partial charge in [-0.25, -0.2) is 0 Å². The molecule has 7 aromatic heterocycles. The molecule has 19 aromatic carbocycles. The van der Waals surface area contributed by atoms with Crippen molar-refractivity contribution >= 4 is 211 Å². The van der Waals surface area contributed by atoms with Gasteiger partial charge in [-0.15, -0.1) is 0 Å². The summed E-state index contributed by atoms with van der Waals surface area (Å²) < 4.78 is 180. The monoisotopic (exact) mass is 1590 g/mol. The van der Waals surface area contributed by atoms with Crippen molar-refractivity contribution in [3.63, 3.8) is 0 Å². The lowest BCUT2D eigenvalue weighted by Gasteiger charge is -2.45. The van der Waals surface area contributed by atoms with E-state index in [4.69, 9.17) is 22.1 Å². The number of hydrogen-bond donors (Lipinski definition) is 0. The first kappa shape index (κ1) is 55.2. The highest BCUT2D eigenvalue weighted by molar-refractivity contribution is 7.00. The third-order valence-corrected chi connectivity index (χ3v) is 25.6. The van der Waals surface area contributed by atoms with Crippen LogP contribution in [-0.4, -0.2) is 15.8 Å². The van der Waals surface area contributed by atoms with E-state index in [-0.39, 0.29) is 91.0 Å². The average Bonchev–Trinajstić information content (AvgIpc) is 1.18. The first-order chi connectivity index (χ1) is 67.4. The van der Waals surface area contributed by atoms with Crippen molar-refractivity contribution in [1.82, 2.24) is 9.13 Å². The van der Waals surface area contributed by atoms with Crippen molar-refractivity contribution in [2.45, 2.75) is 0 Å². The minimum absolute atomic E-state index is 0.000939. The number of rotatable bonds is 9. The number of furan rings is 5. The van der Waals surface area contributed by atoms with Crippen LogP contribution in [0.15, 0.2) is 416 Å². The van der Waals surface area contributed by atoms with Crippen molar-refractivity contribution in [2.75, 3.05) is 9.80 Å². The first-order valence-electron chi connectivity index (χ1n) is 48.2. The zero-order valence-electron chi connectivity index (χ0n) is 79.4. The molecule has 0 saturated carbocycles. The van der Waals surface area contributed by atoms with Crippen LogP contribution in [0.25, 0.3) is 220 Å². The Bertz CT molecular complexity index is 10000. The molecule has 0 atom stereocenters. The first-order valence-corrected chi connectivity index (χ1v) is 41.2. The quantitative estimate of drug-likeness (QED) is 0.133. The summed E-state index contributed by atoms with van der Waals surface area (Å²) in [4.78, 5) is 4.59. The number of anilines is 6. The van der Waals surface area contributed by atoms with E-state index in [0.717, 1.165) is 54.1 Å². The Morgan fingerprint density at radius 1 is 0.234 bits per heavy atom. The van der Waals surface area contributed by atoms with Crippen LogP contribution in [0.5, 0.6) is 0 Å². The number of benzene rings is 19. The maximum Gasteiger partial charge on any atom is 0.252 e. The molecule has 124 heavy (non-hydrogen) atoms. The summed E-state index contributed by atoms with van der Waals surface area (Å²) in [5.41, 5.74) is 17.5. The molecule has 9 heterocycles. The van der Waals surface area contributed by atoms with Gasteiger partial charge in [-0.2, -0.15) is 0 Å². The minimum atomic E-state index is -0.909. The van der Waals surface area contributed by atoms with Gasteiger partial charge in [0, 0.05) is 121 Å². The second kappa shape index (κ2) is 25.5. The standard InChI is InChI=1S/C114H65BN4O5/c1-3-24-66(25-4-1)68-49-57-93-88(60-68)75-29-8-15-41-92(75)116(93)71-50-55-89-95(64-71)118(111-79(53-58-105-108(111)86-33-12-19-45-102(86)121-105)83-38-21-36-81-77-30-9-16-42-99(77)123-113(81)83)97-62-70(73-35-23-47-104-107(73)85-32-11-18-44-101(85)120-104)63-98-110(97)115(89)90-56-51-72(117-91-40-14-7-28-74(91)76-52-48-69(61-94(76)117)67-26-5-2-6-27-67)65-96(90)119(98)112-80(54-59-106-109(112)87-34-13-20-46-103(87)122-106)84-39-22-37-82-78-31-10-17-43-100(78)124-114(82)84/h1-65H/i7D,8D,14D,15D,28D,29D,40D,41D,48D,49D,52D,57D,60D,61D. The number of nitrogens with zero attached hydrogens (tertiary/aromatic N) is 4. The summed E-state index contributed by atoms with van der Waals surface area (Å²) in [5.74, 6) is 0. The van der Waals surface area contributed by atoms with Crippen molar-refractivity contribution < 1.29 is 41.3 Å². The molecule has 9 nitrogen and oxygen atoms in total. The van der Waals surface area contributed by atoms with Crippen LogP contribution < -0.4 is 26.2 Å². The molecule has 0 N–H and O–H groups in total. The van der Waals surface area contributed by atoms with Gasteiger partial charge in [0.2, 0.25) is 0 Å². The SMILES string of the molecule is [2H]c1c([2H])c([2H])c2c(c1[2H])c1c([2H])c(-c3ccccc3)c([2H])c([2H])c1n2-c1ccc2c(c1)N(c1c(-c3cccc4c3oc3ccccc34)ccc3oc4ccccc4c13)c1cc(-c3cccc4oc5ccccc5c34)cc3c1B2c1ccc(-n2c4c([2H])c([2H])c([2H])c([2H])c4c4c([2H])c([2H])c(-c5ccccc5)c([2H])c42)cc1N3c1c(-c2cccc3c2oc2ccccc23)ccc2oc3ccccc3c12. The topological polar surface area (TPSA) is 82.0 Å². The van der Waals surface area contributed by atoms with Crippen molar-refractivity contribution in [3.05, 3.63) is 394 Å². The molecule has 0 bridgehead atoms. The molecule has 2 aliphatic heterocycles. The zero-order valence-corrected chi connectivity index (χ0v) is 65.4. The lowest BCUT2D eigenvalue weighted by Crippen LogP contribution is -2.61. The van der Waals surface area contributed by atoms with Crippen LogP contribution >= 0.6 is 0 Å². The maximum atomic E-state index is 10.7. The molecule has 574 valence electrons. The molecule has 0 spiro atoms. The Kier molecular flexibility index (Phi) is 11.4. The summed E-state index contributed by atoms with van der Waals surface area (Å²) in [6.07, 6.45) is 0. The van der Waals surface area contributed by atoms with Crippen molar-refractivity contribution in [2.24, 2.45) is 0 Å². The lowest BCUT2D eigenvalue weighted by molar-refractivity contribution is 0.668. The average molecular weight is 1600 g/mol. The largest absolute Gasteiger partial charge is 0.456 e. The van der Waals surface area contributed by atoms with Gasteiger partial charge in [0.05, 0.1) is 63.4 Å². The van der Waals surface area contributed by atoms with Crippen LogP contribution in [-0.2, 0) is 0 Å². The third-order valence-electron chi connectivity index (χ3n) is 25.6. The summed E-state index contributed by atoms with van der Waals surface area (Å²) in [7, 11) is 0. The van der Waals surface area contributed by atoms with E-state index in [1.54, 1.807) is 57.7 Å². The maximum absolute atomic E-state index is 10.7. The van der Waals surface area contributed by atoms with E-state index in [1.807, 2.05) is 176 Å². The summed E-state index contributed by atoms with van der Waals surface area (Å²) in [6, 6.07) is 94.9. The Balaban J connectivity index is 0.852. The van der Waals surface area contributed by atoms with Gasteiger partial charge in [-0.05, 0) is 177 Å². The second-order valence-electron chi connectivity index (χ2n) is 32.0. The third kappa shape index (κ3) is 9.47. The van der Waals surface area contributed by atoms with Gasteiger partial charge in [-0.3, -0.25) is 0 Å². The van der Waals surface area contributed by atoms with Crippen molar-refractivity contribution in [3.8, 4) is 67.0 Å². The number of hydrogen-bond acceptors (Lipinski definition) is 7. The van der Waals surface area contributed by atoms with Gasteiger partial charge in [0.1, 0.15) is 55.8 Å². The van der Waals surface area contributed by atoms with Gasteiger partial charge >= 0.3 is 0 Å². The smallest absolute Gasteiger partial charge is 0.252 e. The molecule has 0 radical (unpaired) electrons. The van der Waals surface area contributed by atoms with Gasteiger partial charge < -0.3 is 41.0 Å². The Morgan fingerprint density at radius 2 is 0.637 bits per heavy atom. The van der Waals surface area contributed by atoms with Crippen LogP contribution in [0, 0.1) is 0 Å². The van der Waals surface area contributed by atoms with Crippen LogP contribution in [0.4, 0.5) is 34.1 Å². The zero-order chi connectivity index (χ0) is 92.9. The highest BCUT2D eigenvalue weighted by Gasteiger charge is 2.47. The molecule has 26 aromatic rings. The molecule has 0 unspecified atom stereocenters. The summed E-state index contributed by atoms with van der Waals surface area (Å²) in [6.45, 7) is -0.909. The van der Waals surface area contributed by atoms with E-state index in [2.05, 4.69) is 94.7 Å². The van der Waals surface area contributed by atoms with Gasteiger partial charge in [0.25, 0.3) is 6.71 Å². The molecule has 0 amide bonds. The van der Waals surface area contributed by atoms with E-state index >= 15 is 0 Å². The molecule has 0 fully saturated rings. The fraction of sp³-hybridized carbons (Fsp3) is 0. The molecule has 10 heteroatoms. The van der Waals surface area contributed by atoms with Crippen LogP contribution in [0.2, 0.25) is 0 Å². The second-order valence-corrected chi connectivity index (χ2v) is 32.0. The van der Waals surface area contributed by atoms with Gasteiger partial charge in [0.15, 0.2) is 0 Å². The highest BCUT2D eigenvalue weighted by Crippen LogP contribution is 2.58. The van der Waals surface area contributed by atoms with E-state index in [1.165, 1.54) is 0 Å². The Labute approximate surface area is 727 Å². The van der Waals surface area contributed by atoms with E-state index in [0.29, 0.717) is 162 Å². The fourth-order valence-corrected chi connectivity index (χ4v) is 20.4. The van der Waals surface area contributed by atoms with Gasteiger partial charge in [-0.1, -0.05) is 267 Å². The predicted molar refractivity (Wildman–Crippen MR) is 513 cm³/mol. The molecule has 0 saturated heterocycles. The minimum Gasteiger partial charge on any atom is -0.456 e. The molecular weight excluding hydrogens is 1520 g/mol. The normalized spacial score (nSPS) is 14.4. The van der Waals surface area contributed by atoms with E-state index < -0.39 is 55.1 Å². The number of fused-ring (bicyclic) bond motifs is 25. The molecule has 28 rings (SSSR count). The summed E-state index contributed by atoms with van der Waals surface area (Å²) in [5, 5.41) is 7.97. The molecular formula is C114H65BN4O5. The van der Waals surface area contributed by atoms with Crippen molar-refractivity contribution in [1.29, 1.82) is 0 Å². The highest BCUT2D eigenvalue weighted by atomic mass is 16.3. The molecule has 0 aliphatic carbocycles.